The molecule has 1 unspecified atom stereocenters. The van der Waals surface area contributed by atoms with E-state index in [-0.39, 0.29) is 0 Å². The second-order valence-electron chi connectivity index (χ2n) is 3.33. The molecule has 1 aliphatic heterocycles. The number of hydrogen-bond donors (Lipinski definition) is 0. The molecule has 0 bridgehead atoms. The van der Waals surface area contributed by atoms with Crippen molar-refractivity contribution in [2.24, 2.45) is 0 Å². The van der Waals surface area contributed by atoms with Crippen LogP contribution in [-0.2, 0) is 4.74 Å². The van der Waals surface area contributed by atoms with Gasteiger partial charge in [-0.3, -0.25) is 0 Å². The van der Waals surface area contributed by atoms with Gasteiger partial charge in [0, 0.05) is 31.8 Å². The molecule has 0 spiro atoms. The van der Waals surface area contributed by atoms with Gasteiger partial charge < -0.3 is 9.64 Å². The van der Waals surface area contributed by atoms with Crippen LogP contribution in [0.5, 0.6) is 0 Å². The van der Waals surface area contributed by atoms with Crippen molar-refractivity contribution in [2.45, 2.75) is 18.9 Å². The van der Waals surface area contributed by atoms with Gasteiger partial charge >= 0.3 is 0 Å². The Kier molecular flexibility index (Phi) is 2.80. The fourth-order valence-corrected chi connectivity index (χ4v) is 2.20. The van der Waals surface area contributed by atoms with E-state index >= 15 is 0 Å². The highest BCUT2D eigenvalue weighted by atomic mass is 32.1. The van der Waals surface area contributed by atoms with Gasteiger partial charge in [0.05, 0.1) is 6.10 Å². The summed E-state index contributed by atoms with van der Waals surface area (Å²) in [5, 5.41) is 3.08. The van der Waals surface area contributed by atoms with E-state index in [1.165, 1.54) is 12.8 Å². The van der Waals surface area contributed by atoms with E-state index in [1.807, 2.05) is 11.6 Å². The molecule has 4 heteroatoms. The SMILES string of the molecule is CN(CC1CCCO1)c1nccs1. The predicted molar refractivity (Wildman–Crippen MR) is 54.4 cm³/mol. The summed E-state index contributed by atoms with van der Waals surface area (Å²) >= 11 is 1.67. The van der Waals surface area contributed by atoms with Gasteiger partial charge in [-0.1, -0.05) is 0 Å². The average Bonchev–Trinajstić information content (AvgIpc) is 2.74. The first-order valence-corrected chi connectivity index (χ1v) is 5.46. The van der Waals surface area contributed by atoms with Gasteiger partial charge in [0.1, 0.15) is 0 Å². The molecule has 2 rings (SSSR count). The summed E-state index contributed by atoms with van der Waals surface area (Å²) in [5.41, 5.74) is 0. The molecule has 1 atom stereocenters. The monoisotopic (exact) mass is 198 g/mol. The first-order chi connectivity index (χ1) is 6.36. The largest absolute Gasteiger partial charge is 0.376 e. The molecule has 1 aromatic rings. The molecule has 72 valence electrons. The van der Waals surface area contributed by atoms with E-state index in [0.717, 1.165) is 18.3 Å². The number of aromatic nitrogens is 1. The fraction of sp³-hybridized carbons (Fsp3) is 0.667. The van der Waals surface area contributed by atoms with Crippen LogP contribution >= 0.6 is 11.3 Å². The molecule has 0 amide bonds. The quantitative estimate of drug-likeness (QED) is 0.740. The van der Waals surface area contributed by atoms with Crippen molar-refractivity contribution in [1.29, 1.82) is 0 Å². The number of rotatable bonds is 3. The molecular weight excluding hydrogens is 184 g/mol. The van der Waals surface area contributed by atoms with Crippen LogP contribution in [-0.4, -0.2) is 31.3 Å². The van der Waals surface area contributed by atoms with Crippen LogP contribution in [0.4, 0.5) is 5.13 Å². The molecule has 2 heterocycles. The van der Waals surface area contributed by atoms with Crippen molar-refractivity contribution in [3.63, 3.8) is 0 Å². The predicted octanol–water partition coefficient (Wildman–Crippen LogP) is 1.76. The van der Waals surface area contributed by atoms with Crippen LogP contribution < -0.4 is 4.90 Å². The van der Waals surface area contributed by atoms with Crippen LogP contribution in [0.25, 0.3) is 0 Å². The Bertz CT molecular complexity index is 244. The Morgan fingerprint density at radius 1 is 1.77 bits per heavy atom. The highest BCUT2D eigenvalue weighted by Crippen LogP contribution is 2.19. The van der Waals surface area contributed by atoms with E-state index in [0.29, 0.717) is 6.10 Å². The van der Waals surface area contributed by atoms with Crippen LogP contribution in [0, 0.1) is 0 Å². The van der Waals surface area contributed by atoms with E-state index in [2.05, 4.69) is 16.9 Å². The minimum absolute atomic E-state index is 0.411. The normalized spacial score (nSPS) is 22.1. The van der Waals surface area contributed by atoms with E-state index in [4.69, 9.17) is 4.74 Å². The van der Waals surface area contributed by atoms with Gasteiger partial charge in [0.2, 0.25) is 0 Å². The van der Waals surface area contributed by atoms with Crippen molar-refractivity contribution < 1.29 is 4.74 Å². The Morgan fingerprint density at radius 2 is 2.69 bits per heavy atom. The van der Waals surface area contributed by atoms with Crippen molar-refractivity contribution >= 4 is 16.5 Å². The fourth-order valence-electron chi connectivity index (χ4n) is 1.58. The summed E-state index contributed by atoms with van der Waals surface area (Å²) in [4.78, 5) is 6.41. The summed E-state index contributed by atoms with van der Waals surface area (Å²) in [6.07, 6.45) is 4.65. The Morgan fingerprint density at radius 3 is 3.31 bits per heavy atom. The molecule has 0 aromatic carbocycles. The topological polar surface area (TPSA) is 25.4 Å². The van der Waals surface area contributed by atoms with Crippen LogP contribution in [0.1, 0.15) is 12.8 Å². The van der Waals surface area contributed by atoms with Gasteiger partial charge in [0.15, 0.2) is 5.13 Å². The number of nitrogens with zero attached hydrogens (tertiary/aromatic N) is 2. The Labute approximate surface area is 82.3 Å². The van der Waals surface area contributed by atoms with E-state index in [9.17, 15) is 0 Å². The number of ether oxygens (including phenoxy) is 1. The number of thiazole rings is 1. The highest BCUT2D eigenvalue weighted by Gasteiger charge is 2.18. The second kappa shape index (κ2) is 4.07. The zero-order valence-electron chi connectivity index (χ0n) is 7.77. The Balaban J connectivity index is 1.87. The lowest BCUT2D eigenvalue weighted by Crippen LogP contribution is -2.28. The number of likely N-dealkylation sites (N-methyl/N-ethyl adjacent to an activating group) is 1. The van der Waals surface area contributed by atoms with Crippen LogP contribution in [0.3, 0.4) is 0 Å². The van der Waals surface area contributed by atoms with Crippen molar-refractivity contribution in [3.05, 3.63) is 11.6 Å². The third-order valence-electron chi connectivity index (χ3n) is 2.25. The zero-order chi connectivity index (χ0) is 9.10. The molecular formula is C9H14N2OS. The van der Waals surface area contributed by atoms with Gasteiger partial charge in [-0.25, -0.2) is 4.98 Å². The lowest BCUT2D eigenvalue weighted by Gasteiger charge is -2.19. The molecule has 1 aliphatic rings. The molecule has 1 aromatic heterocycles. The summed E-state index contributed by atoms with van der Waals surface area (Å²) in [7, 11) is 2.07. The lowest BCUT2D eigenvalue weighted by atomic mass is 10.2. The summed E-state index contributed by atoms with van der Waals surface area (Å²) in [6.45, 7) is 1.89. The first kappa shape index (κ1) is 8.97. The molecule has 0 saturated carbocycles. The molecule has 13 heavy (non-hydrogen) atoms. The maximum absolute atomic E-state index is 5.56. The van der Waals surface area contributed by atoms with Gasteiger partial charge in [-0.05, 0) is 12.8 Å². The number of anilines is 1. The third-order valence-corrected chi connectivity index (χ3v) is 3.13. The average molecular weight is 198 g/mol. The maximum Gasteiger partial charge on any atom is 0.185 e. The smallest absolute Gasteiger partial charge is 0.185 e. The van der Waals surface area contributed by atoms with Gasteiger partial charge in [-0.2, -0.15) is 0 Å². The van der Waals surface area contributed by atoms with E-state index in [1.54, 1.807) is 11.3 Å². The van der Waals surface area contributed by atoms with Crippen molar-refractivity contribution in [2.75, 3.05) is 25.1 Å². The summed E-state index contributed by atoms with van der Waals surface area (Å²) in [6, 6.07) is 0. The summed E-state index contributed by atoms with van der Waals surface area (Å²) < 4.78 is 5.56. The molecule has 3 nitrogen and oxygen atoms in total. The third kappa shape index (κ3) is 2.19. The molecule has 1 fully saturated rings. The molecule has 0 aliphatic carbocycles. The van der Waals surface area contributed by atoms with Gasteiger partial charge in [0.25, 0.3) is 0 Å². The lowest BCUT2D eigenvalue weighted by molar-refractivity contribution is 0.116. The molecule has 0 radical (unpaired) electrons. The minimum Gasteiger partial charge on any atom is -0.376 e. The second-order valence-corrected chi connectivity index (χ2v) is 4.20. The zero-order valence-corrected chi connectivity index (χ0v) is 8.59. The highest BCUT2D eigenvalue weighted by molar-refractivity contribution is 7.13. The van der Waals surface area contributed by atoms with Crippen LogP contribution in [0.2, 0.25) is 0 Å². The Hall–Kier alpha value is -0.610. The van der Waals surface area contributed by atoms with E-state index < -0.39 is 0 Å². The molecule has 1 saturated heterocycles. The van der Waals surface area contributed by atoms with Crippen molar-refractivity contribution in [1.82, 2.24) is 4.98 Å². The van der Waals surface area contributed by atoms with Crippen molar-refractivity contribution in [3.8, 4) is 0 Å². The standard InChI is InChI=1S/C9H14N2OS/c1-11(9-10-4-6-13-9)7-8-3-2-5-12-8/h4,6,8H,2-3,5,7H2,1H3. The first-order valence-electron chi connectivity index (χ1n) is 4.58. The maximum atomic E-state index is 5.56. The number of hydrogen-bond acceptors (Lipinski definition) is 4. The van der Waals surface area contributed by atoms with Gasteiger partial charge in [-0.15, -0.1) is 11.3 Å². The summed E-state index contributed by atoms with van der Waals surface area (Å²) in [5.74, 6) is 0. The van der Waals surface area contributed by atoms with Crippen LogP contribution in [0.15, 0.2) is 11.6 Å². The molecule has 0 N–H and O–H groups in total. The minimum atomic E-state index is 0.411.